The summed E-state index contributed by atoms with van der Waals surface area (Å²) >= 11 is 0. The predicted octanol–water partition coefficient (Wildman–Crippen LogP) is 1.36. The largest absolute Gasteiger partial charge is 0.393 e. The van der Waals surface area contributed by atoms with Crippen molar-refractivity contribution >= 4 is 16.8 Å². The Labute approximate surface area is 141 Å². The normalized spacial score (nSPS) is 18.0. The number of likely N-dealkylation sites (tertiary alicyclic amines) is 1. The molecule has 1 saturated heterocycles. The third kappa shape index (κ3) is 6.31. The monoisotopic (exact) mass is 337 g/mol. The van der Waals surface area contributed by atoms with Crippen LogP contribution < -0.4 is 5.32 Å². The van der Waals surface area contributed by atoms with E-state index in [-0.39, 0.29) is 6.10 Å². The molecule has 1 atom stereocenters. The number of nitrogens with one attached hydrogen (secondary N) is 1. The highest BCUT2D eigenvalue weighted by molar-refractivity contribution is 7.84. The molecule has 1 heterocycles. The average Bonchev–Trinajstić information content (AvgIpc) is 2.56. The molecule has 0 spiro atoms. The topological polar surface area (TPSA) is 64.9 Å². The van der Waals surface area contributed by atoms with E-state index >= 15 is 0 Å². The molecule has 1 aliphatic heterocycles. The summed E-state index contributed by atoms with van der Waals surface area (Å²) in [5.74, 6) is 2.03. The SMILES string of the molecule is CCNC(=NCCS(=O)Cc1ccccc1)N1CCC(O)CC1. The number of aliphatic hydroxyl groups excluding tert-OH is 1. The quantitative estimate of drug-likeness (QED) is 0.608. The van der Waals surface area contributed by atoms with E-state index in [2.05, 4.69) is 15.2 Å². The molecular formula is C17H27N3O2S. The number of hydrogen-bond acceptors (Lipinski definition) is 3. The fourth-order valence-electron chi connectivity index (χ4n) is 2.59. The van der Waals surface area contributed by atoms with E-state index in [9.17, 15) is 9.32 Å². The number of guanidine groups is 1. The minimum absolute atomic E-state index is 0.187. The van der Waals surface area contributed by atoms with Crippen molar-refractivity contribution in [2.75, 3.05) is 31.9 Å². The van der Waals surface area contributed by atoms with Crippen LogP contribution in [0.2, 0.25) is 0 Å². The van der Waals surface area contributed by atoms with Gasteiger partial charge in [-0.05, 0) is 25.3 Å². The molecule has 6 heteroatoms. The van der Waals surface area contributed by atoms with Gasteiger partial charge in [0.1, 0.15) is 0 Å². The summed E-state index contributed by atoms with van der Waals surface area (Å²) < 4.78 is 12.1. The minimum atomic E-state index is -0.895. The first-order valence-corrected chi connectivity index (χ1v) is 9.78. The number of benzene rings is 1. The lowest BCUT2D eigenvalue weighted by atomic mass is 10.1. The summed E-state index contributed by atoms with van der Waals surface area (Å²) in [5.41, 5.74) is 1.10. The van der Waals surface area contributed by atoms with E-state index in [1.807, 2.05) is 37.3 Å². The number of hydrogen-bond donors (Lipinski definition) is 2. The molecule has 1 unspecified atom stereocenters. The van der Waals surface area contributed by atoms with E-state index in [1.165, 1.54) is 0 Å². The van der Waals surface area contributed by atoms with Crippen LogP contribution in [0, 0.1) is 0 Å². The summed E-state index contributed by atoms with van der Waals surface area (Å²) in [5, 5.41) is 12.9. The van der Waals surface area contributed by atoms with E-state index < -0.39 is 10.8 Å². The van der Waals surface area contributed by atoms with Crippen LogP contribution in [0.1, 0.15) is 25.3 Å². The Bertz CT molecular complexity index is 514. The molecular weight excluding hydrogens is 310 g/mol. The van der Waals surface area contributed by atoms with Gasteiger partial charge >= 0.3 is 0 Å². The van der Waals surface area contributed by atoms with Crippen molar-refractivity contribution in [2.24, 2.45) is 4.99 Å². The first-order valence-electron chi connectivity index (χ1n) is 8.29. The Balaban J connectivity index is 1.82. The molecule has 1 aromatic rings. The molecule has 0 aliphatic carbocycles. The predicted molar refractivity (Wildman–Crippen MR) is 95.9 cm³/mol. The van der Waals surface area contributed by atoms with Gasteiger partial charge in [-0.1, -0.05) is 30.3 Å². The number of nitrogens with zero attached hydrogens (tertiary/aromatic N) is 2. The van der Waals surface area contributed by atoms with E-state index in [4.69, 9.17) is 0 Å². The zero-order valence-electron chi connectivity index (χ0n) is 13.8. The van der Waals surface area contributed by atoms with Crippen molar-refractivity contribution in [3.05, 3.63) is 35.9 Å². The van der Waals surface area contributed by atoms with Gasteiger partial charge in [0.25, 0.3) is 0 Å². The molecule has 1 aliphatic rings. The molecule has 23 heavy (non-hydrogen) atoms. The molecule has 1 fully saturated rings. The third-order valence-electron chi connectivity index (χ3n) is 3.85. The van der Waals surface area contributed by atoms with Gasteiger partial charge in [0.05, 0.1) is 12.6 Å². The maximum absolute atomic E-state index is 12.1. The summed E-state index contributed by atoms with van der Waals surface area (Å²) in [7, 11) is -0.895. The van der Waals surface area contributed by atoms with Crippen LogP contribution >= 0.6 is 0 Å². The fraction of sp³-hybridized carbons (Fsp3) is 0.588. The van der Waals surface area contributed by atoms with Crippen LogP contribution in [0.25, 0.3) is 0 Å². The number of rotatable bonds is 6. The van der Waals surface area contributed by atoms with Crippen LogP contribution in [-0.2, 0) is 16.6 Å². The Kier molecular flexibility index (Phi) is 7.55. The van der Waals surface area contributed by atoms with E-state index in [0.717, 1.165) is 44.0 Å². The standard InChI is InChI=1S/C17H27N3O2S/c1-2-18-17(20-11-8-16(21)9-12-20)19-10-13-23(22)14-15-6-4-3-5-7-15/h3-7,16,21H,2,8-14H2,1H3,(H,18,19). The number of piperidine rings is 1. The molecule has 128 valence electrons. The Morgan fingerprint density at radius 3 is 2.70 bits per heavy atom. The lowest BCUT2D eigenvalue weighted by Gasteiger charge is -2.32. The van der Waals surface area contributed by atoms with Gasteiger partial charge in [-0.25, -0.2) is 0 Å². The van der Waals surface area contributed by atoms with Gasteiger partial charge in [-0.3, -0.25) is 9.20 Å². The van der Waals surface area contributed by atoms with Gasteiger partial charge in [0.2, 0.25) is 0 Å². The van der Waals surface area contributed by atoms with Crippen LogP contribution in [0.5, 0.6) is 0 Å². The molecule has 0 bridgehead atoms. The van der Waals surface area contributed by atoms with Crippen molar-refractivity contribution in [2.45, 2.75) is 31.6 Å². The van der Waals surface area contributed by atoms with Gasteiger partial charge < -0.3 is 15.3 Å². The Morgan fingerprint density at radius 2 is 2.04 bits per heavy atom. The number of aliphatic imine (C=N–C) groups is 1. The Morgan fingerprint density at radius 1 is 1.35 bits per heavy atom. The third-order valence-corrected chi connectivity index (χ3v) is 5.14. The van der Waals surface area contributed by atoms with Crippen molar-refractivity contribution in [1.29, 1.82) is 0 Å². The highest BCUT2D eigenvalue weighted by Gasteiger charge is 2.19. The molecule has 5 nitrogen and oxygen atoms in total. The molecule has 1 aromatic carbocycles. The Hall–Kier alpha value is -1.40. The van der Waals surface area contributed by atoms with Crippen LogP contribution in [0.4, 0.5) is 0 Å². The van der Waals surface area contributed by atoms with Crippen LogP contribution in [0.15, 0.2) is 35.3 Å². The van der Waals surface area contributed by atoms with Gasteiger partial charge in [-0.2, -0.15) is 0 Å². The molecule has 2 rings (SSSR count). The molecule has 0 radical (unpaired) electrons. The minimum Gasteiger partial charge on any atom is -0.393 e. The molecule has 0 aromatic heterocycles. The highest BCUT2D eigenvalue weighted by atomic mass is 32.2. The van der Waals surface area contributed by atoms with E-state index in [0.29, 0.717) is 18.1 Å². The van der Waals surface area contributed by atoms with Crippen LogP contribution in [0.3, 0.4) is 0 Å². The summed E-state index contributed by atoms with van der Waals surface area (Å²) in [6.45, 7) is 5.05. The van der Waals surface area contributed by atoms with Crippen molar-refractivity contribution in [1.82, 2.24) is 10.2 Å². The second-order valence-electron chi connectivity index (χ2n) is 5.73. The second-order valence-corrected chi connectivity index (χ2v) is 7.30. The average molecular weight is 337 g/mol. The lowest BCUT2D eigenvalue weighted by Crippen LogP contribution is -2.46. The van der Waals surface area contributed by atoms with Gasteiger partial charge in [0.15, 0.2) is 5.96 Å². The zero-order valence-corrected chi connectivity index (χ0v) is 14.6. The van der Waals surface area contributed by atoms with Crippen molar-refractivity contribution in [3.63, 3.8) is 0 Å². The zero-order chi connectivity index (χ0) is 16.5. The summed E-state index contributed by atoms with van der Waals surface area (Å²) in [4.78, 5) is 6.78. The molecule has 0 saturated carbocycles. The number of aliphatic hydroxyl groups is 1. The van der Waals surface area contributed by atoms with Gasteiger partial charge in [0, 0.05) is 41.9 Å². The molecule has 0 amide bonds. The summed E-state index contributed by atoms with van der Waals surface area (Å²) in [6, 6.07) is 9.92. The first kappa shape index (κ1) is 17.9. The maximum atomic E-state index is 12.1. The van der Waals surface area contributed by atoms with E-state index in [1.54, 1.807) is 0 Å². The molecule has 2 N–H and O–H groups in total. The van der Waals surface area contributed by atoms with Gasteiger partial charge in [-0.15, -0.1) is 0 Å². The lowest BCUT2D eigenvalue weighted by molar-refractivity contribution is 0.108. The van der Waals surface area contributed by atoms with Crippen LogP contribution in [-0.4, -0.2) is 58.2 Å². The summed E-state index contributed by atoms with van der Waals surface area (Å²) in [6.07, 6.45) is 1.38. The first-order chi connectivity index (χ1) is 11.2. The fourth-order valence-corrected chi connectivity index (χ4v) is 3.59. The highest BCUT2D eigenvalue weighted by Crippen LogP contribution is 2.10. The maximum Gasteiger partial charge on any atom is 0.193 e. The smallest absolute Gasteiger partial charge is 0.193 e. The van der Waals surface area contributed by atoms with Crippen molar-refractivity contribution in [3.8, 4) is 0 Å². The van der Waals surface area contributed by atoms with Crippen molar-refractivity contribution < 1.29 is 9.32 Å². The second kappa shape index (κ2) is 9.67.